The first-order valence-electron chi connectivity index (χ1n) is 8.89. The highest BCUT2D eigenvalue weighted by Gasteiger charge is 2.41. The van der Waals surface area contributed by atoms with Crippen LogP contribution in [-0.2, 0) is 9.22 Å². The second-order valence-electron chi connectivity index (χ2n) is 8.65. The molecule has 1 rings (SSSR count). The van der Waals surface area contributed by atoms with Gasteiger partial charge in [-0.25, -0.2) is 0 Å². The zero-order valence-electron chi connectivity index (χ0n) is 15.7. The van der Waals surface area contributed by atoms with E-state index >= 15 is 0 Å². The average molecular weight is 325 g/mol. The minimum Gasteiger partial charge on any atom is -0.413 e. The Kier molecular flexibility index (Phi) is 7.06. The largest absolute Gasteiger partial charge is 0.413 e. The van der Waals surface area contributed by atoms with E-state index in [1.165, 1.54) is 0 Å². The van der Waals surface area contributed by atoms with E-state index in [2.05, 4.69) is 59.9 Å². The minimum absolute atomic E-state index is 0.0971. The van der Waals surface area contributed by atoms with Gasteiger partial charge in [-0.15, -0.1) is 0 Å². The maximum absolute atomic E-state index is 12.3. The smallest absolute Gasteiger partial charge is 0.192 e. The third-order valence-corrected chi connectivity index (χ3v) is 9.94. The van der Waals surface area contributed by atoms with E-state index < -0.39 is 8.32 Å². The zero-order chi connectivity index (χ0) is 17.0. The van der Waals surface area contributed by atoms with Crippen molar-refractivity contribution in [1.82, 2.24) is 0 Å². The van der Waals surface area contributed by atoms with E-state index in [0.717, 1.165) is 19.3 Å². The van der Waals surface area contributed by atoms with Crippen LogP contribution in [0.5, 0.6) is 0 Å². The van der Waals surface area contributed by atoms with Crippen molar-refractivity contribution < 1.29 is 9.22 Å². The summed E-state index contributed by atoms with van der Waals surface area (Å²) in [6, 6.07) is 0. The Hall–Kier alpha value is -0.413. The standard InChI is InChI=1S/C19H36O2Si/c1-15(2)17-13-11-9-8-10-12-16(20)14-18(17)21-22(6,7)19(3,4)5/h8-9,15,17-18H,10-14H2,1-7H3/b9-8+/t17-,18+/m0/s1. The molecule has 0 bridgehead atoms. The number of rotatable bonds is 3. The van der Waals surface area contributed by atoms with Crippen LogP contribution in [0.3, 0.4) is 0 Å². The normalized spacial score (nSPS) is 27.0. The molecule has 128 valence electrons. The van der Waals surface area contributed by atoms with Gasteiger partial charge in [0.25, 0.3) is 0 Å². The van der Waals surface area contributed by atoms with E-state index in [0.29, 0.717) is 30.5 Å². The lowest BCUT2D eigenvalue weighted by Gasteiger charge is -2.42. The van der Waals surface area contributed by atoms with Gasteiger partial charge >= 0.3 is 0 Å². The number of ketones is 1. The van der Waals surface area contributed by atoms with Gasteiger partial charge in [0.15, 0.2) is 8.32 Å². The predicted molar refractivity (Wildman–Crippen MR) is 97.6 cm³/mol. The van der Waals surface area contributed by atoms with Crippen molar-refractivity contribution in [3.05, 3.63) is 12.2 Å². The summed E-state index contributed by atoms with van der Waals surface area (Å²) in [7, 11) is -1.85. The number of Topliss-reactive ketones (excluding diaryl/α,β-unsaturated/α-hetero) is 1. The molecule has 0 N–H and O–H groups in total. The van der Waals surface area contributed by atoms with Crippen LogP contribution in [0.4, 0.5) is 0 Å². The summed E-state index contributed by atoms with van der Waals surface area (Å²) in [4.78, 5) is 12.3. The molecule has 1 aliphatic rings. The second kappa shape index (κ2) is 7.92. The van der Waals surface area contributed by atoms with Gasteiger partial charge in [-0.3, -0.25) is 4.79 Å². The van der Waals surface area contributed by atoms with E-state index in [9.17, 15) is 4.79 Å². The molecule has 2 atom stereocenters. The molecule has 1 aliphatic carbocycles. The van der Waals surface area contributed by atoms with Crippen molar-refractivity contribution >= 4 is 14.1 Å². The molecule has 0 aromatic heterocycles. The predicted octanol–water partition coefficient (Wildman–Crippen LogP) is 5.74. The topological polar surface area (TPSA) is 26.3 Å². The molecule has 0 amide bonds. The van der Waals surface area contributed by atoms with Gasteiger partial charge in [0, 0.05) is 12.8 Å². The molecule has 0 radical (unpaired) electrons. The van der Waals surface area contributed by atoms with Crippen LogP contribution in [0.2, 0.25) is 18.1 Å². The Morgan fingerprint density at radius 2 is 1.77 bits per heavy atom. The summed E-state index contributed by atoms with van der Waals surface area (Å²) in [5.41, 5.74) is 0. The first-order chi connectivity index (χ1) is 10.0. The van der Waals surface area contributed by atoms with Crippen molar-refractivity contribution in [2.24, 2.45) is 11.8 Å². The maximum Gasteiger partial charge on any atom is 0.192 e. The number of hydrogen-bond acceptors (Lipinski definition) is 2. The first-order valence-corrected chi connectivity index (χ1v) is 11.8. The van der Waals surface area contributed by atoms with Crippen molar-refractivity contribution in [3.8, 4) is 0 Å². The van der Waals surface area contributed by atoms with Gasteiger partial charge < -0.3 is 4.43 Å². The molecule has 0 aromatic carbocycles. The third-order valence-electron chi connectivity index (χ3n) is 5.44. The highest BCUT2D eigenvalue weighted by molar-refractivity contribution is 6.74. The Labute approximate surface area is 138 Å². The first kappa shape index (κ1) is 19.6. The van der Waals surface area contributed by atoms with Crippen molar-refractivity contribution in [3.63, 3.8) is 0 Å². The van der Waals surface area contributed by atoms with Gasteiger partial charge in [-0.2, -0.15) is 0 Å². The highest BCUT2D eigenvalue weighted by atomic mass is 28.4. The quantitative estimate of drug-likeness (QED) is 0.489. The molecule has 22 heavy (non-hydrogen) atoms. The SMILES string of the molecule is CC(C)[C@@H]1CC/C=C/CCC(=O)C[C@H]1O[Si](C)(C)C(C)(C)C. The number of allylic oxidation sites excluding steroid dienone is 2. The number of carbonyl (C=O) groups is 1. The summed E-state index contributed by atoms with van der Waals surface area (Å²) in [6.07, 6.45) is 8.90. The summed E-state index contributed by atoms with van der Waals surface area (Å²) in [5, 5.41) is 0.187. The molecular formula is C19H36O2Si. The van der Waals surface area contributed by atoms with Crippen molar-refractivity contribution in [2.75, 3.05) is 0 Å². The number of carbonyl (C=O) groups excluding carboxylic acids is 1. The van der Waals surface area contributed by atoms with E-state index in [1.54, 1.807) is 0 Å². The molecule has 0 unspecified atom stereocenters. The van der Waals surface area contributed by atoms with Crippen LogP contribution >= 0.6 is 0 Å². The zero-order valence-corrected chi connectivity index (χ0v) is 16.7. The molecule has 0 aliphatic heterocycles. The lowest BCUT2D eigenvalue weighted by Crippen LogP contribution is -2.47. The van der Waals surface area contributed by atoms with Gasteiger partial charge in [0.1, 0.15) is 5.78 Å². The van der Waals surface area contributed by atoms with Crippen LogP contribution < -0.4 is 0 Å². The molecule has 3 heteroatoms. The van der Waals surface area contributed by atoms with Crippen molar-refractivity contribution in [2.45, 2.75) is 91.0 Å². The van der Waals surface area contributed by atoms with Gasteiger partial charge in [0.05, 0.1) is 6.10 Å². The monoisotopic (exact) mass is 324 g/mol. The molecule has 2 nitrogen and oxygen atoms in total. The molecule has 0 fully saturated rings. The molecule has 0 spiro atoms. The highest BCUT2D eigenvalue weighted by Crippen LogP contribution is 2.40. The third kappa shape index (κ3) is 5.66. The Morgan fingerprint density at radius 3 is 2.32 bits per heavy atom. The summed E-state index contributed by atoms with van der Waals surface area (Å²) >= 11 is 0. The molecular weight excluding hydrogens is 288 g/mol. The fourth-order valence-corrected chi connectivity index (χ4v) is 4.25. The summed E-state index contributed by atoms with van der Waals surface area (Å²) in [6.45, 7) is 16.0. The molecule has 0 saturated carbocycles. The van der Waals surface area contributed by atoms with E-state index in [1.807, 2.05) is 0 Å². The summed E-state index contributed by atoms with van der Waals surface area (Å²) in [5.74, 6) is 1.39. The molecule has 0 aromatic rings. The van der Waals surface area contributed by atoms with Crippen LogP contribution in [0, 0.1) is 11.8 Å². The van der Waals surface area contributed by atoms with Gasteiger partial charge in [0.2, 0.25) is 0 Å². The molecule has 0 heterocycles. The van der Waals surface area contributed by atoms with Crippen LogP contribution in [0.15, 0.2) is 12.2 Å². The average Bonchev–Trinajstić information content (AvgIpc) is 2.34. The fourth-order valence-electron chi connectivity index (χ4n) is 2.88. The summed E-state index contributed by atoms with van der Waals surface area (Å²) < 4.78 is 6.71. The van der Waals surface area contributed by atoms with Crippen LogP contribution in [0.25, 0.3) is 0 Å². The molecule has 0 saturated heterocycles. The van der Waals surface area contributed by atoms with Gasteiger partial charge in [-0.05, 0) is 49.2 Å². The van der Waals surface area contributed by atoms with Gasteiger partial charge in [-0.1, -0.05) is 46.8 Å². The second-order valence-corrected chi connectivity index (χ2v) is 13.4. The Balaban J connectivity index is 2.99. The van der Waals surface area contributed by atoms with Crippen molar-refractivity contribution in [1.29, 1.82) is 0 Å². The van der Waals surface area contributed by atoms with Crippen LogP contribution in [0.1, 0.15) is 66.7 Å². The Bertz CT molecular complexity index is 391. The lowest BCUT2D eigenvalue weighted by atomic mass is 9.83. The fraction of sp³-hybridized carbons (Fsp3) is 0.842. The number of hydrogen-bond donors (Lipinski definition) is 0. The minimum atomic E-state index is -1.85. The van der Waals surface area contributed by atoms with Crippen LogP contribution in [-0.4, -0.2) is 20.2 Å². The Morgan fingerprint density at radius 1 is 1.18 bits per heavy atom. The van der Waals surface area contributed by atoms with E-state index in [4.69, 9.17) is 4.43 Å². The lowest BCUT2D eigenvalue weighted by molar-refractivity contribution is -0.121. The maximum atomic E-state index is 12.3. The van der Waals surface area contributed by atoms with E-state index in [-0.39, 0.29) is 11.1 Å².